The van der Waals surface area contributed by atoms with Gasteiger partial charge in [-0.05, 0) is 38.1 Å². The lowest BCUT2D eigenvalue weighted by molar-refractivity contribution is 0.0990. The van der Waals surface area contributed by atoms with E-state index >= 15 is 0 Å². The highest BCUT2D eigenvalue weighted by molar-refractivity contribution is 6.32. The second-order valence-electron chi connectivity index (χ2n) is 3.48. The van der Waals surface area contributed by atoms with Crippen LogP contribution in [0.2, 0.25) is 5.02 Å². The molecule has 15 heavy (non-hydrogen) atoms. The van der Waals surface area contributed by atoms with Gasteiger partial charge in [-0.25, -0.2) is 0 Å². The molecule has 3 nitrogen and oxygen atoms in total. The van der Waals surface area contributed by atoms with Crippen molar-refractivity contribution in [1.82, 2.24) is 5.32 Å². The predicted octanol–water partition coefficient (Wildman–Crippen LogP) is 2.06. The van der Waals surface area contributed by atoms with Gasteiger partial charge in [0.05, 0.1) is 17.1 Å². The van der Waals surface area contributed by atoms with Crippen LogP contribution in [0.1, 0.15) is 21.5 Å². The minimum atomic E-state index is -0.155. The summed E-state index contributed by atoms with van der Waals surface area (Å²) in [4.78, 5) is 11.7. The number of likely N-dealkylation sites (N-methyl/N-ethyl adjacent to an activating group) is 1. The molecule has 0 amide bonds. The maximum atomic E-state index is 11.7. The number of halogens is 1. The number of carbonyl (C=O) groups is 1. The third-order valence-corrected chi connectivity index (χ3v) is 2.68. The average molecular weight is 228 g/mol. The Morgan fingerprint density at radius 2 is 2.13 bits per heavy atom. The molecule has 82 valence electrons. The fourth-order valence-corrected chi connectivity index (χ4v) is 1.71. The van der Waals surface area contributed by atoms with Crippen molar-refractivity contribution in [1.29, 1.82) is 0 Å². The average Bonchev–Trinajstić information content (AvgIpc) is 2.16. The fourth-order valence-electron chi connectivity index (χ4n) is 1.45. The fraction of sp³-hybridized carbons (Fsp3) is 0.364. The number of rotatable bonds is 3. The molecule has 0 aliphatic heterocycles. The third kappa shape index (κ3) is 2.30. The topological polar surface area (TPSA) is 49.3 Å². The van der Waals surface area contributed by atoms with Crippen LogP contribution in [0.3, 0.4) is 0 Å². The number of carbonyl (C=O) groups excluding carboxylic acids is 1. The summed E-state index contributed by atoms with van der Waals surface area (Å²) in [5.74, 6) is -0.280. The SMILES string of the molecule is CNCC(=O)c1c(C)c(C)cc(Cl)c1O. The summed E-state index contributed by atoms with van der Waals surface area (Å²) in [6, 6.07) is 1.66. The normalized spacial score (nSPS) is 10.4. The number of Topliss-reactive ketones (excluding diaryl/α,β-unsaturated/α-hetero) is 1. The Kier molecular flexibility index (Phi) is 3.72. The summed E-state index contributed by atoms with van der Waals surface area (Å²) < 4.78 is 0. The highest BCUT2D eigenvalue weighted by atomic mass is 35.5. The number of phenols is 1. The van der Waals surface area contributed by atoms with Gasteiger partial charge in [0.25, 0.3) is 0 Å². The Morgan fingerprint density at radius 3 is 2.67 bits per heavy atom. The van der Waals surface area contributed by atoms with Gasteiger partial charge in [-0.1, -0.05) is 11.6 Å². The van der Waals surface area contributed by atoms with Gasteiger partial charge in [0.1, 0.15) is 5.75 Å². The molecule has 2 N–H and O–H groups in total. The zero-order chi connectivity index (χ0) is 11.6. The minimum absolute atomic E-state index is 0.125. The van der Waals surface area contributed by atoms with E-state index in [-0.39, 0.29) is 23.1 Å². The molecule has 0 saturated carbocycles. The molecule has 0 fully saturated rings. The smallest absolute Gasteiger partial charge is 0.180 e. The molecule has 0 saturated heterocycles. The van der Waals surface area contributed by atoms with Crippen molar-refractivity contribution in [2.75, 3.05) is 13.6 Å². The van der Waals surface area contributed by atoms with Crippen molar-refractivity contribution in [3.8, 4) is 5.75 Å². The first kappa shape index (κ1) is 12.0. The van der Waals surface area contributed by atoms with Crippen LogP contribution in [0.5, 0.6) is 5.75 Å². The van der Waals surface area contributed by atoms with Crippen molar-refractivity contribution in [2.45, 2.75) is 13.8 Å². The van der Waals surface area contributed by atoms with Gasteiger partial charge in [-0.15, -0.1) is 0 Å². The minimum Gasteiger partial charge on any atom is -0.506 e. The zero-order valence-electron chi connectivity index (χ0n) is 9.02. The number of hydrogen-bond donors (Lipinski definition) is 2. The molecule has 0 spiro atoms. The number of phenolic OH excluding ortho intramolecular Hbond substituents is 1. The second kappa shape index (κ2) is 4.64. The van der Waals surface area contributed by atoms with E-state index in [1.165, 1.54) is 0 Å². The van der Waals surface area contributed by atoms with E-state index in [0.717, 1.165) is 11.1 Å². The molecule has 0 radical (unpaired) electrons. The Balaban J connectivity index is 3.32. The largest absolute Gasteiger partial charge is 0.506 e. The summed E-state index contributed by atoms with van der Waals surface area (Å²) in [7, 11) is 1.68. The number of aryl methyl sites for hydroxylation is 1. The van der Waals surface area contributed by atoms with E-state index in [1.807, 2.05) is 6.92 Å². The van der Waals surface area contributed by atoms with E-state index in [0.29, 0.717) is 5.56 Å². The first-order valence-corrected chi connectivity index (χ1v) is 5.03. The summed E-state index contributed by atoms with van der Waals surface area (Å²) in [5.41, 5.74) is 1.99. The summed E-state index contributed by atoms with van der Waals surface area (Å²) in [5, 5.41) is 12.7. The van der Waals surface area contributed by atoms with Gasteiger partial charge in [0.15, 0.2) is 5.78 Å². The van der Waals surface area contributed by atoms with Crippen molar-refractivity contribution in [3.63, 3.8) is 0 Å². The van der Waals surface area contributed by atoms with Crippen LogP contribution in [0, 0.1) is 13.8 Å². The lowest BCUT2D eigenvalue weighted by Gasteiger charge is -2.11. The molecule has 0 aliphatic carbocycles. The van der Waals surface area contributed by atoms with Crippen LogP contribution in [0.25, 0.3) is 0 Å². The van der Waals surface area contributed by atoms with Gasteiger partial charge in [0, 0.05) is 0 Å². The second-order valence-corrected chi connectivity index (χ2v) is 3.88. The standard InChI is InChI=1S/C11H14ClNO2/c1-6-4-8(12)11(15)10(7(6)2)9(14)5-13-3/h4,13,15H,5H2,1-3H3. The summed E-state index contributed by atoms with van der Waals surface area (Å²) in [6.07, 6.45) is 0. The number of benzene rings is 1. The van der Waals surface area contributed by atoms with Crippen LogP contribution in [0.15, 0.2) is 6.07 Å². The molecule has 4 heteroatoms. The highest BCUT2D eigenvalue weighted by Crippen LogP contribution is 2.32. The molecule has 0 unspecified atom stereocenters. The number of hydrogen-bond acceptors (Lipinski definition) is 3. The molecule has 0 aromatic heterocycles. The van der Waals surface area contributed by atoms with Crippen LogP contribution in [-0.2, 0) is 0 Å². The van der Waals surface area contributed by atoms with E-state index in [1.54, 1.807) is 20.0 Å². The van der Waals surface area contributed by atoms with Crippen LogP contribution < -0.4 is 5.32 Å². The number of aromatic hydroxyl groups is 1. The van der Waals surface area contributed by atoms with Crippen LogP contribution in [-0.4, -0.2) is 24.5 Å². The van der Waals surface area contributed by atoms with E-state index in [4.69, 9.17) is 11.6 Å². The molecule has 0 bridgehead atoms. The van der Waals surface area contributed by atoms with E-state index in [9.17, 15) is 9.90 Å². The molecule has 0 aliphatic rings. The Bertz CT molecular complexity index is 376. The summed E-state index contributed by atoms with van der Waals surface area (Å²) in [6.45, 7) is 3.85. The van der Waals surface area contributed by atoms with Crippen molar-refractivity contribution < 1.29 is 9.90 Å². The van der Waals surface area contributed by atoms with Gasteiger partial charge in [-0.2, -0.15) is 0 Å². The lowest BCUT2D eigenvalue weighted by Crippen LogP contribution is -2.19. The van der Waals surface area contributed by atoms with Crippen molar-refractivity contribution >= 4 is 17.4 Å². The molecule has 0 atom stereocenters. The monoisotopic (exact) mass is 227 g/mol. The Hall–Kier alpha value is -1.06. The Morgan fingerprint density at radius 1 is 1.53 bits per heavy atom. The molecule has 1 aromatic carbocycles. The molecule has 1 rings (SSSR count). The third-order valence-electron chi connectivity index (χ3n) is 2.39. The quantitative estimate of drug-likeness (QED) is 0.778. The first-order chi connectivity index (χ1) is 6.99. The maximum Gasteiger partial charge on any atom is 0.180 e. The van der Waals surface area contributed by atoms with Gasteiger partial charge in [0.2, 0.25) is 0 Å². The van der Waals surface area contributed by atoms with Gasteiger partial charge < -0.3 is 10.4 Å². The van der Waals surface area contributed by atoms with E-state index < -0.39 is 0 Å². The molecular formula is C11H14ClNO2. The predicted molar refractivity (Wildman–Crippen MR) is 60.8 cm³/mol. The Labute approximate surface area is 94.1 Å². The van der Waals surface area contributed by atoms with Crippen LogP contribution in [0.4, 0.5) is 0 Å². The van der Waals surface area contributed by atoms with E-state index in [2.05, 4.69) is 5.32 Å². The highest BCUT2D eigenvalue weighted by Gasteiger charge is 2.17. The zero-order valence-corrected chi connectivity index (χ0v) is 9.77. The molecule has 0 heterocycles. The number of ketones is 1. The lowest BCUT2D eigenvalue weighted by atomic mass is 9.99. The van der Waals surface area contributed by atoms with Gasteiger partial charge >= 0.3 is 0 Å². The van der Waals surface area contributed by atoms with Crippen molar-refractivity contribution in [3.05, 3.63) is 27.8 Å². The first-order valence-electron chi connectivity index (χ1n) is 4.65. The summed E-state index contributed by atoms with van der Waals surface area (Å²) >= 11 is 5.81. The van der Waals surface area contributed by atoms with Crippen molar-refractivity contribution in [2.24, 2.45) is 0 Å². The van der Waals surface area contributed by atoms with Crippen LogP contribution >= 0.6 is 11.6 Å². The van der Waals surface area contributed by atoms with Gasteiger partial charge in [-0.3, -0.25) is 4.79 Å². The maximum absolute atomic E-state index is 11.7. The molecular weight excluding hydrogens is 214 g/mol. The molecule has 1 aromatic rings. The number of nitrogens with one attached hydrogen (secondary N) is 1.